The molecule has 0 saturated heterocycles. The monoisotopic (exact) mass is 190 g/mol. The van der Waals surface area contributed by atoms with Crippen LogP contribution in [0.4, 0.5) is 0 Å². The first-order valence-electron chi connectivity index (χ1n) is 4.73. The summed E-state index contributed by atoms with van der Waals surface area (Å²) in [6, 6.07) is 7.72. The van der Waals surface area contributed by atoms with E-state index in [9.17, 15) is 4.79 Å². The number of rotatable bonds is 1. The maximum Gasteiger partial charge on any atom is 0.307 e. The van der Waals surface area contributed by atoms with Crippen LogP contribution in [0.3, 0.4) is 0 Å². The second-order valence-corrected chi connectivity index (χ2v) is 3.90. The Morgan fingerprint density at radius 2 is 2.21 bits per heavy atom. The summed E-state index contributed by atoms with van der Waals surface area (Å²) >= 11 is 0. The number of hydrogen-bond acceptors (Lipinski definition) is 2. The number of ether oxygens (including phenoxy) is 1. The molecule has 0 bridgehead atoms. The van der Waals surface area contributed by atoms with Gasteiger partial charge in [-0.25, -0.2) is 0 Å². The SMILES string of the molecule is O=C(O)C1C2COc3ccccc3C21. The smallest absolute Gasteiger partial charge is 0.307 e. The molecule has 0 amide bonds. The molecule has 3 rings (SSSR count). The molecule has 0 radical (unpaired) electrons. The van der Waals surface area contributed by atoms with Crippen molar-refractivity contribution in [2.45, 2.75) is 5.92 Å². The van der Waals surface area contributed by atoms with Gasteiger partial charge in [0.25, 0.3) is 0 Å². The van der Waals surface area contributed by atoms with Crippen LogP contribution in [0.2, 0.25) is 0 Å². The molecule has 1 fully saturated rings. The van der Waals surface area contributed by atoms with E-state index < -0.39 is 5.97 Å². The van der Waals surface area contributed by atoms with Gasteiger partial charge in [-0.3, -0.25) is 4.79 Å². The number of benzene rings is 1. The highest BCUT2D eigenvalue weighted by atomic mass is 16.5. The van der Waals surface area contributed by atoms with Crippen LogP contribution in [0, 0.1) is 11.8 Å². The van der Waals surface area contributed by atoms with Gasteiger partial charge in [0, 0.05) is 11.8 Å². The minimum atomic E-state index is -0.694. The van der Waals surface area contributed by atoms with Gasteiger partial charge in [0.15, 0.2) is 0 Å². The summed E-state index contributed by atoms with van der Waals surface area (Å²) in [6.45, 7) is 0.554. The zero-order chi connectivity index (χ0) is 9.71. The first kappa shape index (κ1) is 7.85. The summed E-state index contributed by atoms with van der Waals surface area (Å²) in [6.07, 6.45) is 0. The van der Waals surface area contributed by atoms with Crippen LogP contribution in [0.1, 0.15) is 11.5 Å². The minimum absolute atomic E-state index is 0.192. The van der Waals surface area contributed by atoms with Gasteiger partial charge in [0.1, 0.15) is 5.75 Å². The first-order valence-corrected chi connectivity index (χ1v) is 4.73. The van der Waals surface area contributed by atoms with Crippen molar-refractivity contribution in [2.75, 3.05) is 6.61 Å². The van der Waals surface area contributed by atoms with Crippen LogP contribution < -0.4 is 4.74 Å². The molecule has 1 aromatic rings. The van der Waals surface area contributed by atoms with Crippen molar-refractivity contribution in [2.24, 2.45) is 11.8 Å². The first-order chi connectivity index (χ1) is 6.79. The van der Waals surface area contributed by atoms with E-state index in [-0.39, 0.29) is 17.8 Å². The Morgan fingerprint density at radius 1 is 1.43 bits per heavy atom. The van der Waals surface area contributed by atoms with E-state index in [2.05, 4.69) is 0 Å². The molecule has 1 aliphatic heterocycles. The Kier molecular flexibility index (Phi) is 1.40. The third kappa shape index (κ3) is 0.895. The van der Waals surface area contributed by atoms with Gasteiger partial charge in [0.2, 0.25) is 0 Å². The van der Waals surface area contributed by atoms with Crippen LogP contribution in [-0.4, -0.2) is 17.7 Å². The average molecular weight is 190 g/mol. The number of hydrogen-bond donors (Lipinski definition) is 1. The van der Waals surface area contributed by atoms with Gasteiger partial charge in [-0.2, -0.15) is 0 Å². The number of aliphatic carboxylic acids is 1. The van der Waals surface area contributed by atoms with Crippen molar-refractivity contribution >= 4 is 5.97 Å². The highest BCUT2D eigenvalue weighted by Gasteiger charge is 2.58. The lowest BCUT2D eigenvalue weighted by molar-refractivity contribution is -0.139. The van der Waals surface area contributed by atoms with E-state index in [0.29, 0.717) is 6.61 Å². The molecular weight excluding hydrogens is 180 g/mol. The van der Waals surface area contributed by atoms with Crippen LogP contribution >= 0.6 is 0 Å². The maximum absolute atomic E-state index is 10.9. The molecule has 14 heavy (non-hydrogen) atoms. The second kappa shape index (κ2) is 2.50. The molecule has 2 aliphatic rings. The fourth-order valence-electron chi connectivity index (χ4n) is 2.42. The molecule has 3 heteroatoms. The summed E-state index contributed by atoms with van der Waals surface area (Å²) in [5.74, 6) is 0.330. The largest absolute Gasteiger partial charge is 0.493 e. The molecular formula is C11H10O3. The van der Waals surface area contributed by atoms with E-state index in [4.69, 9.17) is 9.84 Å². The molecule has 3 atom stereocenters. The van der Waals surface area contributed by atoms with E-state index in [1.165, 1.54) is 0 Å². The molecule has 1 N–H and O–H groups in total. The quantitative estimate of drug-likeness (QED) is 0.729. The minimum Gasteiger partial charge on any atom is -0.493 e. The standard InChI is InChI=1S/C11H10O3/c12-11(13)10-7-5-14-8-4-2-1-3-6(8)9(7)10/h1-4,7,9-10H,5H2,(H,12,13). The Balaban J connectivity index is 2.00. The summed E-state index contributed by atoms with van der Waals surface area (Å²) in [4.78, 5) is 10.9. The van der Waals surface area contributed by atoms with Crippen molar-refractivity contribution in [3.63, 3.8) is 0 Å². The fraction of sp³-hybridized carbons (Fsp3) is 0.364. The highest BCUT2D eigenvalue weighted by Crippen LogP contribution is 2.58. The van der Waals surface area contributed by atoms with Crippen LogP contribution in [0.15, 0.2) is 24.3 Å². The third-order valence-corrected chi connectivity index (χ3v) is 3.16. The Labute approximate surface area is 81.3 Å². The Hall–Kier alpha value is -1.51. The number of carboxylic acid groups (broad SMARTS) is 1. The van der Waals surface area contributed by atoms with Crippen molar-refractivity contribution in [3.05, 3.63) is 29.8 Å². The fourth-order valence-corrected chi connectivity index (χ4v) is 2.42. The zero-order valence-electron chi connectivity index (χ0n) is 7.51. The lowest BCUT2D eigenvalue weighted by atomic mass is 10.1. The van der Waals surface area contributed by atoms with Gasteiger partial charge in [-0.15, -0.1) is 0 Å². The summed E-state index contributed by atoms with van der Waals surface area (Å²) in [5.41, 5.74) is 1.07. The molecule has 72 valence electrons. The molecule has 0 spiro atoms. The molecule has 1 aromatic carbocycles. The van der Waals surface area contributed by atoms with Crippen molar-refractivity contribution in [1.82, 2.24) is 0 Å². The Morgan fingerprint density at radius 3 is 3.00 bits per heavy atom. The van der Waals surface area contributed by atoms with E-state index in [0.717, 1.165) is 11.3 Å². The lowest BCUT2D eigenvalue weighted by Gasteiger charge is -2.15. The van der Waals surface area contributed by atoms with Crippen LogP contribution in [-0.2, 0) is 4.79 Å². The molecule has 1 aliphatic carbocycles. The van der Waals surface area contributed by atoms with Crippen LogP contribution in [0.5, 0.6) is 5.75 Å². The average Bonchev–Trinajstić information content (AvgIpc) is 2.92. The number of carboxylic acids is 1. The second-order valence-electron chi connectivity index (χ2n) is 3.90. The number of para-hydroxylation sites is 1. The topological polar surface area (TPSA) is 46.5 Å². The maximum atomic E-state index is 10.9. The van der Waals surface area contributed by atoms with Gasteiger partial charge >= 0.3 is 5.97 Å². The van der Waals surface area contributed by atoms with Crippen LogP contribution in [0.25, 0.3) is 0 Å². The number of fused-ring (bicyclic) bond motifs is 3. The Bertz CT molecular complexity index is 399. The van der Waals surface area contributed by atoms with Crippen molar-refractivity contribution < 1.29 is 14.6 Å². The molecule has 1 saturated carbocycles. The van der Waals surface area contributed by atoms with Gasteiger partial charge in [-0.1, -0.05) is 18.2 Å². The van der Waals surface area contributed by atoms with E-state index in [1.54, 1.807) is 0 Å². The molecule has 1 heterocycles. The normalized spacial score (nSPS) is 32.4. The van der Waals surface area contributed by atoms with E-state index >= 15 is 0 Å². The molecule has 0 aromatic heterocycles. The van der Waals surface area contributed by atoms with Gasteiger partial charge in [0.05, 0.1) is 12.5 Å². The van der Waals surface area contributed by atoms with Crippen molar-refractivity contribution in [3.8, 4) is 5.75 Å². The predicted octanol–water partition coefficient (Wildman–Crippen LogP) is 1.49. The molecule has 3 nitrogen and oxygen atoms in total. The summed E-state index contributed by atoms with van der Waals surface area (Å²) in [7, 11) is 0. The zero-order valence-corrected chi connectivity index (χ0v) is 7.51. The third-order valence-electron chi connectivity index (χ3n) is 3.16. The highest BCUT2D eigenvalue weighted by molar-refractivity contribution is 5.77. The van der Waals surface area contributed by atoms with Crippen molar-refractivity contribution in [1.29, 1.82) is 0 Å². The van der Waals surface area contributed by atoms with E-state index in [1.807, 2.05) is 24.3 Å². The summed E-state index contributed by atoms with van der Waals surface area (Å²) in [5, 5.41) is 8.95. The predicted molar refractivity (Wildman–Crippen MR) is 49.3 cm³/mol. The van der Waals surface area contributed by atoms with Gasteiger partial charge in [-0.05, 0) is 11.6 Å². The summed E-state index contributed by atoms with van der Waals surface area (Å²) < 4.78 is 5.49. The molecule has 3 unspecified atom stereocenters. The number of carbonyl (C=O) groups is 1. The lowest BCUT2D eigenvalue weighted by Crippen LogP contribution is -2.08. The van der Waals surface area contributed by atoms with Gasteiger partial charge < -0.3 is 9.84 Å².